The van der Waals surface area contributed by atoms with Crippen molar-refractivity contribution in [3.8, 4) is 0 Å². The molecule has 0 unspecified atom stereocenters. The summed E-state index contributed by atoms with van der Waals surface area (Å²) < 4.78 is 10.4. The number of carboxylic acid groups (broad SMARTS) is 1. The quantitative estimate of drug-likeness (QED) is 0.728. The van der Waals surface area contributed by atoms with Gasteiger partial charge in [-0.2, -0.15) is 0 Å². The molecule has 1 rings (SSSR count). The zero-order chi connectivity index (χ0) is 11.1. The summed E-state index contributed by atoms with van der Waals surface area (Å²) in [5, 5.41) is 10.6. The maximum absolute atomic E-state index is 10.7. The molecule has 84 valence electrons. The Morgan fingerprint density at radius 2 is 2.20 bits per heavy atom. The lowest BCUT2D eigenvalue weighted by atomic mass is 10.3. The van der Waals surface area contributed by atoms with E-state index >= 15 is 0 Å². The van der Waals surface area contributed by atoms with Gasteiger partial charge in [0.25, 0.3) is 0 Å². The zero-order valence-electron chi connectivity index (χ0n) is 8.56. The molecule has 4 nitrogen and oxygen atoms in total. The van der Waals surface area contributed by atoms with Crippen molar-refractivity contribution in [1.29, 1.82) is 0 Å². The molecule has 1 aromatic rings. The fourth-order valence-corrected chi connectivity index (χ4v) is 1.83. The molecule has 0 saturated heterocycles. The third-order valence-corrected chi connectivity index (χ3v) is 2.72. The standard InChI is InChI=1S/C10H14O4S/c1-2-13-4-5-14-7-8-3-6-15-9(8)10(11)12/h3,6H,2,4-5,7H2,1H3,(H,11,12). The lowest BCUT2D eigenvalue weighted by Gasteiger charge is -2.03. The lowest BCUT2D eigenvalue weighted by Crippen LogP contribution is -2.05. The van der Waals surface area contributed by atoms with Gasteiger partial charge in [-0.25, -0.2) is 4.79 Å². The molecule has 5 heteroatoms. The van der Waals surface area contributed by atoms with Crippen molar-refractivity contribution < 1.29 is 19.4 Å². The number of carbonyl (C=O) groups is 1. The van der Waals surface area contributed by atoms with Gasteiger partial charge in [0.05, 0.1) is 19.8 Å². The highest BCUT2D eigenvalue weighted by Gasteiger charge is 2.10. The fraction of sp³-hybridized carbons (Fsp3) is 0.500. The van der Waals surface area contributed by atoms with Crippen LogP contribution in [0.25, 0.3) is 0 Å². The van der Waals surface area contributed by atoms with Gasteiger partial charge in [0, 0.05) is 12.2 Å². The fourth-order valence-electron chi connectivity index (χ4n) is 1.08. The van der Waals surface area contributed by atoms with E-state index in [1.165, 1.54) is 11.3 Å². The Bertz CT molecular complexity index is 308. The molecule has 0 aliphatic heterocycles. The Morgan fingerprint density at radius 1 is 1.47 bits per heavy atom. The first kappa shape index (κ1) is 12.2. The normalized spacial score (nSPS) is 10.5. The van der Waals surface area contributed by atoms with Gasteiger partial charge in [-0.15, -0.1) is 11.3 Å². The summed E-state index contributed by atoms with van der Waals surface area (Å²) in [6, 6.07) is 1.77. The number of hydrogen-bond acceptors (Lipinski definition) is 4. The third kappa shape index (κ3) is 3.99. The van der Waals surface area contributed by atoms with E-state index in [-0.39, 0.29) is 0 Å². The van der Waals surface area contributed by atoms with Crippen LogP contribution in [0.2, 0.25) is 0 Å². The Morgan fingerprint density at radius 3 is 2.87 bits per heavy atom. The van der Waals surface area contributed by atoms with Crippen LogP contribution in [-0.4, -0.2) is 30.9 Å². The summed E-state index contributed by atoms with van der Waals surface area (Å²) in [4.78, 5) is 11.1. The van der Waals surface area contributed by atoms with Crippen molar-refractivity contribution in [2.24, 2.45) is 0 Å². The predicted molar refractivity (Wildman–Crippen MR) is 57.4 cm³/mol. The molecule has 0 aliphatic carbocycles. The minimum Gasteiger partial charge on any atom is -0.477 e. The summed E-state index contributed by atoms with van der Waals surface area (Å²) in [5.41, 5.74) is 0.726. The van der Waals surface area contributed by atoms with Gasteiger partial charge in [0.1, 0.15) is 4.88 Å². The van der Waals surface area contributed by atoms with Crippen molar-refractivity contribution in [2.45, 2.75) is 13.5 Å². The Hall–Kier alpha value is -0.910. The van der Waals surface area contributed by atoms with Crippen LogP contribution in [0.4, 0.5) is 0 Å². The van der Waals surface area contributed by atoms with Crippen LogP contribution in [0.3, 0.4) is 0 Å². The van der Waals surface area contributed by atoms with Crippen LogP contribution in [0.1, 0.15) is 22.2 Å². The van der Waals surface area contributed by atoms with Gasteiger partial charge in [-0.05, 0) is 18.4 Å². The van der Waals surface area contributed by atoms with E-state index in [9.17, 15) is 4.79 Å². The molecular weight excluding hydrogens is 216 g/mol. The average Bonchev–Trinajstić information content (AvgIpc) is 2.66. The van der Waals surface area contributed by atoms with E-state index in [0.717, 1.165) is 5.56 Å². The molecule has 0 aromatic carbocycles. The molecule has 15 heavy (non-hydrogen) atoms. The molecule has 0 atom stereocenters. The maximum Gasteiger partial charge on any atom is 0.346 e. The Labute approximate surface area is 92.4 Å². The molecule has 0 amide bonds. The highest BCUT2D eigenvalue weighted by atomic mass is 32.1. The monoisotopic (exact) mass is 230 g/mol. The van der Waals surface area contributed by atoms with Gasteiger partial charge in [0.15, 0.2) is 0 Å². The van der Waals surface area contributed by atoms with Crippen molar-refractivity contribution in [3.05, 3.63) is 21.9 Å². The number of hydrogen-bond donors (Lipinski definition) is 1. The topological polar surface area (TPSA) is 55.8 Å². The van der Waals surface area contributed by atoms with Gasteiger partial charge in [0.2, 0.25) is 0 Å². The maximum atomic E-state index is 10.7. The first-order chi connectivity index (χ1) is 7.25. The smallest absolute Gasteiger partial charge is 0.346 e. The number of rotatable bonds is 7. The van der Waals surface area contributed by atoms with E-state index in [1.54, 1.807) is 11.4 Å². The van der Waals surface area contributed by atoms with Crippen LogP contribution in [0.5, 0.6) is 0 Å². The van der Waals surface area contributed by atoms with Crippen molar-refractivity contribution in [1.82, 2.24) is 0 Å². The molecule has 0 bridgehead atoms. The van der Waals surface area contributed by atoms with Crippen LogP contribution in [0.15, 0.2) is 11.4 Å². The molecular formula is C10H14O4S. The van der Waals surface area contributed by atoms with Gasteiger partial charge in [-0.1, -0.05) is 0 Å². The summed E-state index contributed by atoms with van der Waals surface area (Å²) >= 11 is 1.22. The molecule has 0 fully saturated rings. The molecule has 0 radical (unpaired) electrons. The van der Waals surface area contributed by atoms with E-state index in [2.05, 4.69) is 0 Å². The number of thiophene rings is 1. The zero-order valence-corrected chi connectivity index (χ0v) is 9.38. The summed E-state index contributed by atoms with van der Waals surface area (Å²) in [6.45, 7) is 3.95. The number of carboxylic acids is 1. The van der Waals surface area contributed by atoms with Crippen molar-refractivity contribution in [3.63, 3.8) is 0 Å². The second kappa shape index (κ2) is 6.55. The molecule has 1 aromatic heterocycles. The molecule has 0 spiro atoms. The second-order valence-corrected chi connectivity index (χ2v) is 3.75. The van der Waals surface area contributed by atoms with Crippen LogP contribution < -0.4 is 0 Å². The third-order valence-electron chi connectivity index (χ3n) is 1.77. The number of aromatic carboxylic acids is 1. The second-order valence-electron chi connectivity index (χ2n) is 2.83. The number of ether oxygens (including phenoxy) is 2. The molecule has 0 aliphatic rings. The van der Waals surface area contributed by atoms with Crippen LogP contribution in [-0.2, 0) is 16.1 Å². The average molecular weight is 230 g/mol. The van der Waals surface area contributed by atoms with E-state index in [0.29, 0.717) is 31.3 Å². The van der Waals surface area contributed by atoms with Crippen LogP contribution in [0, 0.1) is 0 Å². The van der Waals surface area contributed by atoms with E-state index in [1.807, 2.05) is 6.92 Å². The van der Waals surface area contributed by atoms with Gasteiger partial charge in [-0.3, -0.25) is 0 Å². The molecule has 1 heterocycles. The Kier molecular flexibility index (Phi) is 5.31. The molecule has 1 N–H and O–H groups in total. The summed E-state index contributed by atoms with van der Waals surface area (Å²) in [7, 11) is 0. The Balaban J connectivity index is 2.31. The summed E-state index contributed by atoms with van der Waals surface area (Å²) in [6.07, 6.45) is 0. The lowest BCUT2D eigenvalue weighted by molar-refractivity contribution is 0.0446. The minimum atomic E-state index is -0.895. The van der Waals surface area contributed by atoms with Crippen LogP contribution >= 0.6 is 11.3 Å². The first-order valence-corrected chi connectivity index (χ1v) is 5.58. The van der Waals surface area contributed by atoms with Gasteiger partial charge >= 0.3 is 5.97 Å². The molecule has 0 saturated carbocycles. The predicted octanol–water partition coefficient (Wildman–Crippen LogP) is 2.00. The van der Waals surface area contributed by atoms with Crippen molar-refractivity contribution in [2.75, 3.05) is 19.8 Å². The summed E-state index contributed by atoms with van der Waals surface area (Å²) in [5.74, 6) is -0.895. The largest absolute Gasteiger partial charge is 0.477 e. The van der Waals surface area contributed by atoms with Crippen molar-refractivity contribution >= 4 is 17.3 Å². The minimum absolute atomic E-state index is 0.332. The SMILES string of the molecule is CCOCCOCc1ccsc1C(=O)O. The highest BCUT2D eigenvalue weighted by Crippen LogP contribution is 2.17. The highest BCUT2D eigenvalue weighted by molar-refractivity contribution is 7.12. The van der Waals surface area contributed by atoms with Gasteiger partial charge < -0.3 is 14.6 Å². The van der Waals surface area contributed by atoms with E-state index < -0.39 is 5.97 Å². The van der Waals surface area contributed by atoms with E-state index in [4.69, 9.17) is 14.6 Å². The first-order valence-electron chi connectivity index (χ1n) is 4.70.